The summed E-state index contributed by atoms with van der Waals surface area (Å²) in [6.45, 7) is 5.98. The molecule has 146 valence electrons. The van der Waals surface area contributed by atoms with Crippen molar-refractivity contribution in [1.82, 2.24) is 9.55 Å². The van der Waals surface area contributed by atoms with Gasteiger partial charge in [0.2, 0.25) is 0 Å². The Hall–Kier alpha value is -3.90. The molecule has 0 radical (unpaired) electrons. The molecule has 0 amide bonds. The van der Waals surface area contributed by atoms with E-state index in [0.717, 1.165) is 40.9 Å². The molecule has 0 bridgehead atoms. The van der Waals surface area contributed by atoms with Crippen molar-refractivity contribution < 1.29 is 0 Å². The number of aryl methyl sites for hydroxylation is 2. The minimum atomic E-state index is 0.637. The van der Waals surface area contributed by atoms with Crippen molar-refractivity contribution in [3.05, 3.63) is 114 Å². The van der Waals surface area contributed by atoms with E-state index >= 15 is 0 Å². The lowest BCUT2D eigenvalue weighted by atomic mass is 9.99. The average molecular weight is 390 g/mol. The van der Waals surface area contributed by atoms with Gasteiger partial charge in [-0.15, -0.1) is 0 Å². The molecule has 0 spiro atoms. The number of benzene rings is 2. The van der Waals surface area contributed by atoms with E-state index < -0.39 is 0 Å². The summed E-state index contributed by atoms with van der Waals surface area (Å²) >= 11 is 0. The van der Waals surface area contributed by atoms with E-state index in [1.54, 1.807) is 6.20 Å². The topological polar surface area (TPSA) is 41.6 Å². The zero-order valence-electron chi connectivity index (χ0n) is 17.0. The van der Waals surface area contributed by atoms with Crippen LogP contribution in [0.4, 0.5) is 0 Å². The van der Waals surface area contributed by atoms with Crippen molar-refractivity contribution in [3.8, 4) is 23.0 Å². The highest BCUT2D eigenvalue weighted by Crippen LogP contribution is 2.27. The van der Waals surface area contributed by atoms with Gasteiger partial charge in [0.1, 0.15) is 11.9 Å². The Bertz CT molecular complexity index is 1230. The Kier molecular flexibility index (Phi) is 5.59. The first-order valence-electron chi connectivity index (χ1n) is 10.0. The smallest absolute Gasteiger partial charge is 0.137 e. The van der Waals surface area contributed by atoms with E-state index in [4.69, 9.17) is 0 Å². The summed E-state index contributed by atoms with van der Waals surface area (Å²) in [7, 11) is 0. The fourth-order valence-corrected chi connectivity index (χ4v) is 3.56. The Balaban J connectivity index is 1.64. The fourth-order valence-electron chi connectivity index (χ4n) is 3.56. The molecule has 0 aliphatic heterocycles. The van der Waals surface area contributed by atoms with Gasteiger partial charge in [0.15, 0.2) is 0 Å². The lowest BCUT2D eigenvalue weighted by Crippen LogP contribution is -1.95. The number of allylic oxidation sites excluding steroid dienone is 1. The van der Waals surface area contributed by atoms with E-state index in [9.17, 15) is 5.26 Å². The first-order valence-corrected chi connectivity index (χ1v) is 10.0. The normalized spacial score (nSPS) is 10.5. The SMILES string of the molecule is C=C(C)c1ccnc(-n2cc(C#N)c(-c3cccc(CCc4ccccc4)c3)c2)c1. The fraction of sp³-hybridized carbons (Fsp3) is 0.111. The van der Waals surface area contributed by atoms with Gasteiger partial charge < -0.3 is 4.57 Å². The molecule has 0 aliphatic carbocycles. The summed E-state index contributed by atoms with van der Waals surface area (Å²) in [5.41, 5.74) is 7.21. The van der Waals surface area contributed by atoms with Crippen molar-refractivity contribution in [1.29, 1.82) is 5.26 Å². The van der Waals surface area contributed by atoms with Gasteiger partial charge in [-0.3, -0.25) is 0 Å². The molecule has 2 aromatic heterocycles. The molecule has 0 unspecified atom stereocenters. The Labute approximate surface area is 177 Å². The Morgan fingerprint density at radius 1 is 0.967 bits per heavy atom. The summed E-state index contributed by atoms with van der Waals surface area (Å²) in [6.07, 6.45) is 7.56. The number of hydrogen-bond donors (Lipinski definition) is 0. The van der Waals surface area contributed by atoms with Crippen LogP contribution in [0.5, 0.6) is 0 Å². The molecule has 30 heavy (non-hydrogen) atoms. The second-order valence-corrected chi connectivity index (χ2v) is 7.47. The number of nitrogens with zero attached hydrogens (tertiary/aromatic N) is 3. The zero-order valence-corrected chi connectivity index (χ0v) is 17.0. The highest BCUT2D eigenvalue weighted by molar-refractivity contribution is 5.71. The predicted molar refractivity (Wildman–Crippen MR) is 122 cm³/mol. The van der Waals surface area contributed by atoms with Crippen LogP contribution in [0.1, 0.15) is 29.2 Å². The maximum atomic E-state index is 9.71. The molecule has 2 heterocycles. The first-order chi connectivity index (χ1) is 14.6. The van der Waals surface area contributed by atoms with E-state index in [0.29, 0.717) is 5.56 Å². The molecular formula is C27H23N3. The molecule has 0 saturated heterocycles. The van der Waals surface area contributed by atoms with Crippen LogP contribution < -0.4 is 0 Å². The first kappa shape index (κ1) is 19.4. The molecular weight excluding hydrogens is 366 g/mol. The molecule has 4 rings (SSSR count). The summed E-state index contributed by atoms with van der Waals surface area (Å²) in [5, 5.41) is 9.71. The van der Waals surface area contributed by atoms with Crippen molar-refractivity contribution in [2.45, 2.75) is 19.8 Å². The number of nitriles is 1. The quantitative estimate of drug-likeness (QED) is 0.392. The Morgan fingerprint density at radius 3 is 2.50 bits per heavy atom. The van der Waals surface area contributed by atoms with Gasteiger partial charge >= 0.3 is 0 Å². The van der Waals surface area contributed by atoms with Crippen LogP contribution in [0.15, 0.2) is 91.9 Å². The van der Waals surface area contributed by atoms with Crippen molar-refractivity contribution in [3.63, 3.8) is 0 Å². The number of hydrogen-bond acceptors (Lipinski definition) is 2. The molecule has 3 nitrogen and oxygen atoms in total. The van der Waals surface area contributed by atoms with Crippen LogP contribution in [0, 0.1) is 11.3 Å². The standard InChI is InChI=1S/C27H23N3/c1-20(2)23-13-14-29-27(16-23)30-18-25(17-28)26(19-30)24-10-6-9-22(15-24)12-11-21-7-4-3-5-8-21/h3-10,13-16,18-19H,1,11-12H2,2H3. The lowest BCUT2D eigenvalue weighted by molar-refractivity contribution is 0.960. The van der Waals surface area contributed by atoms with Crippen LogP contribution in [0.2, 0.25) is 0 Å². The maximum Gasteiger partial charge on any atom is 0.137 e. The molecule has 0 N–H and O–H groups in total. The second-order valence-electron chi connectivity index (χ2n) is 7.47. The molecule has 0 saturated carbocycles. The summed E-state index contributed by atoms with van der Waals surface area (Å²) in [6, 6.07) is 25.2. The maximum absolute atomic E-state index is 9.71. The molecule has 0 aliphatic rings. The van der Waals surface area contributed by atoms with Gasteiger partial charge in [-0.25, -0.2) is 4.98 Å². The van der Waals surface area contributed by atoms with Gasteiger partial charge in [-0.05, 0) is 54.2 Å². The third-order valence-corrected chi connectivity index (χ3v) is 5.23. The highest BCUT2D eigenvalue weighted by atomic mass is 15.0. The van der Waals surface area contributed by atoms with Crippen LogP contribution in [0.25, 0.3) is 22.5 Å². The lowest BCUT2D eigenvalue weighted by Gasteiger charge is -2.06. The van der Waals surface area contributed by atoms with Crippen LogP contribution in [-0.4, -0.2) is 9.55 Å². The molecule has 0 fully saturated rings. The molecule has 0 atom stereocenters. The monoisotopic (exact) mass is 389 g/mol. The van der Waals surface area contributed by atoms with E-state index in [1.807, 2.05) is 42.1 Å². The zero-order chi connectivity index (χ0) is 20.9. The van der Waals surface area contributed by atoms with Gasteiger partial charge in [-0.1, -0.05) is 66.7 Å². The molecule has 2 aromatic carbocycles. The van der Waals surface area contributed by atoms with Gasteiger partial charge in [0, 0.05) is 24.2 Å². The number of rotatable bonds is 6. The van der Waals surface area contributed by atoms with Crippen molar-refractivity contribution in [2.75, 3.05) is 0 Å². The summed E-state index contributed by atoms with van der Waals surface area (Å²) in [4.78, 5) is 4.47. The third-order valence-electron chi connectivity index (χ3n) is 5.23. The summed E-state index contributed by atoms with van der Waals surface area (Å²) in [5.74, 6) is 0.776. The highest BCUT2D eigenvalue weighted by Gasteiger charge is 2.12. The van der Waals surface area contributed by atoms with Gasteiger partial charge in [0.05, 0.1) is 5.56 Å². The van der Waals surface area contributed by atoms with Crippen molar-refractivity contribution >= 4 is 5.57 Å². The largest absolute Gasteiger partial charge is 0.307 e. The van der Waals surface area contributed by atoms with E-state index in [-0.39, 0.29) is 0 Å². The van der Waals surface area contributed by atoms with E-state index in [1.165, 1.54) is 11.1 Å². The third kappa shape index (κ3) is 4.24. The summed E-state index contributed by atoms with van der Waals surface area (Å²) < 4.78 is 1.91. The van der Waals surface area contributed by atoms with Gasteiger partial charge in [0.25, 0.3) is 0 Å². The minimum absolute atomic E-state index is 0.637. The Morgan fingerprint density at radius 2 is 1.73 bits per heavy atom. The van der Waals surface area contributed by atoms with E-state index in [2.05, 4.69) is 66.2 Å². The van der Waals surface area contributed by atoms with Crippen LogP contribution in [0.3, 0.4) is 0 Å². The molecule has 4 aromatic rings. The second kappa shape index (κ2) is 8.63. The minimum Gasteiger partial charge on any atom is -0.307 e. The predicted octanol–water partition coefficient (Wildman–Crippen LogP) is 6.23. The number of pyridine rings is 1. The van der Waals surface area contributed by atoms with Gasteiger partial charge in [-0.2, -0.15) is 5.26 Å². The molecule has 3 heteroatoms. The van der Waals surface area contributed by atoms with Crippen LogP contribution in [-0.2, 0) is 12.8 Å². The average Bonchev–Trinajstić information content (AvgIpc) is 3.23. The number of aromatic nitrogens is 2. The van der Waals surface area contributed by atoms with Crippen molar-refractivity contribution in [2.24, 2.45) is 0 Å². The van der Waals surface area contributed by atoms with Crippen LogP contribution >= 0.6 is 0 Å².